The third kappa shape index (κ3) is 3.97. The average Bonchev–Trinajstić information content (AvgIpc) is 2.96. The second-order valence-electron chi connectivity index (χ2n) is 5.14. The minimum Gasteiger partial charge on any atom is -0.452 e. The topological polar surface area (TPSA) is 85.6 Å². The van der Waals surface area contributed by atoms with Crippen LogP contribution in [-0.4, -0.2) is 33.1 Å². The van der Waals surface area contributed by atoms with Gasteiger partial charge in [0.25, 0.3) is 5.91 Å². The van der Waals surface area contributed by atoms with Crippen LogP contribution in [0.5, 0.6) is 0 Å². The Morgan fingerprint density at radius 1 is 1.28 bits per heavy atom. The number of benzene rings is 1. The summed E-state index contributed by atoms with van der Waals surface area (Å²) >= 11 is 9.30. The molecule has 128 valence electrons. The molecule has 1 aromatic carbocycles. The van der Waals surface area contributed by atoms with Crippen molar-refractivity contribution in [3.05, 3.63) is 57.4 Å². The van der Waals surface area contributed by atoms with Crippen LogP contribution in [0.4, 0.5) is 5.69 Å². The van der Waals surface area contributed by atoms with Crippen molar-refractivity contribution in [1.82, 2.24) is 14.6 Å². The van der Waals surface area contributed by atoms with Crippen LogP contribution in [0.15, 0.2) is 41.0 Å². The summed E-state index contributed by atoms with van der Waals surface area (Å²) in [6.45, 7) is 1.34. The van der Waals surface area contributed by atoms with Crippen molar-refractivity contribution >= 4 is 50.7 Å². The molecule has 0 radical (unpaired) electrons. The van der Waals surface area contributed by atoms with E-state index in [1.54, 1.807) is 47.9 Å². The molecule has 25 heavy (non-hydrogen) atoms. The number of halogens is 2. The molecule has 7 nitrogen and oxygen atoms in total. The molecule has 3 aromatic rings. The smallest absolute Gasteiger partial charge is 0.340 e. The van der Waals surface area contributed by atoms with E-state index in [1.807, 2.05) is 0 Å². The summed E-state index contributed by atoms with van der Waals surface area (Å²) in [4.78, 5) is 24.0. The Morgan fingerprint density at radius 3 is 2.84 bits per heavy atom. The third-order valence-corrected chi connectivity index (χ3v) is 4.15. The summed E-state index contributed by atoms with van der Waals surface area (Å²) in [5.41, 5.74) is 1.36. The van der Waals surface area contributed by atoms with Crippen LogP contribution in [0.1, 0.15) is 16.2 Å². The Hall–Kier alpha value is -2.45. The van der Waals surface area contributed by atoms with Crippen LogP contribution >= 0.6 is 27.5 Å². The fraction of sp³-hybridized carbons (Fsp3) is 0.125. The van der Waals surface area contributed by atoms with Crippen molar-refractivity contribution in [2.45, 2.75) is 6.92 Å². The van der Waals surface area contributed by atoms with Crippen LogP contribution in [0, 0.1) is 6.92 Å². The Morgan fingerprint density at radius 2 is 2.08 bits per heavy atom. The number of anilines is 1. The number of nitrogens with one attached hydrogen (secondary N) is 1. The molecule has 2 aromatic heterocycles. The molecule has 0 fully saturated rings. The zero-order valence-corrected chi connectivity index (χ0v) is 15.3. The van der Waals surface area contributed by atoms with Crippen molar-refractivity contribution in [2.75, 3.05) is 11.9 Å². The molecule has 3 rings (SSSR count). The lowest BCUT2D eigenvalue weighted by Crippen LogP contribution is -2.21. The number of hydrogen-bond donors (Lipinski definition) is 1. The fourth-order valence-electron chi connectivity index (χ4n) is 2.12. The first-order valence-electron chi connectivity index (χ1n) is 7.17. The van der Waals surface area contributed by atoms with Gasteiger partial charge in [0.1, 0.15) is 5.82 Å². The first kappa shape index (κ1) is 17.4. The Kier molecular flexibility index (Phi) is 5.00. The number of rotatable bonds is 4. The molecule has 0 spiro atoms. The first-order valence-corrected chi connectivity index (χ1v) is 8.34. The summed E-state index contributed by atoms with van der Waals surface area (Å²) in [5, 5.41) is 10.8. The lowest BCUT2D eigenvalue weighted by Gasteiger charge is -2.08. The molecule has 1 amide bonds. The molecule has 2 heterocycles. The Bertz CT molecular complexity index is 973. The van der Waals surface area contributed by atoms with Gasteiger partial charge in [0.15, 0.2) is 12.3 Å². The molecule has 0 unspecified atom stereocenters. The number of fused-ring (bicyclic) bond motifs is 1. The van der Waals surface area contributed by atoms with Gasteiger partial charge in [-0.05, 0) is 37.3 Å². The molecular weight excluding hydrogens is 412 g/mol. The third-order valence-electron chi connectivity index (χ3n) is 3.35. The summed E-state index contributed by atoms with van der Waals surface area (Å²) < 4.78 is 7.49. The van der Waals surface area contributed by atoms with Crippen LogP contribution < -0.4 is 5.32 Å². The number of carbonyl (C=O) groups is 2. The molecule has 0 atom stereocenters. The number of nitrogens with zero attached hydrogens (tertiary/aromatic N) is 3. The van der Waals surface area contributed by atoms with Crippen LogP contribution in [0.3, 0.4) is 0 Å². The van der Waals surface area contributed by atoms with Crippen molar-refractivity contribution in [1.29, 1.82) is 0 Å². The maximum absolute atomic E-state index is 12.1. The molecule has 9 heteroatoms. The van der Waals surface area contributed by atoms with E-state index in [2.05, 4.69) is 31.4 Å². The van der Waals surface area contributed by atoms with E-state index in [4.69, 9.17) is 16.3 Å². The quantitative estimate of drug-likeness (QED) is 0.651. The largest absolute Gasteiger partial charge is 0.452 e. The molecule has 0 aliphatic rings. The number of hydrogen-bond acceptors (Lipinski definition) is 5. The molecule has 0 aliphatic heterocycles. The predicted molar refractivity (Wildman–Crippen MR) is 95.8 cm³/mol. The number of ether oxygens (including phenoxy) is 1. The number of aromatic nitrogens is 3. The van der Waals surface area contributed by atoms with Gasteiger partial charge in [0.2, 0.25) is 0 Å². The van der Waals surface area contributed by atoms with Crippen LogP contribution in [0.25, 0.3) is 5.65 Å². The highest BCUT2D eigenvalue weighted by molar-refractivity contribution is 9.10. The number of carbonyl (C=O) groups excluding carboxylic acids is 2. The van der Waals surface area contributed by atoms with Crippen LogP contribution in [-0.2, 0) is 9.53 Å². The van der Waals surface area contributed by atoms with Gasteiger partial charge in [0.05, 0.1) is 16.3 Å². The highest BCUT2D eigenvalue weighted by Gasteiger charge is 2.13. The Balaban J connectivity index is 1.62. The van der Waals surface area contributed by atoms with E-state index in [-0.39, 0.29) is 0 Å². The maximum Gasteiger partial charge on any atom is 0.340 e. The normalized spacial score (nSPS) is 10.7. The van der Waals surface area contributed by atoms with Gasteiger partial charge in [-0.2, -0.15) is 0 Å². The maximum atomic E-state index is 12.1. The average molecular weight is 424 g/mol. The first-order chi connectivity index (χ1) is 11.9. The predicted octanol–water partition coefficient (Wildman–Crippen LogP) is 3.25. The minimum atomic E-state index is -0.618. The minimum absolute atomic E-state index is 0.296. The molecular formula is C16H12BrClN4O3. The van der Waals surface area contributed by atoms with Crippen molar-refractivity contribution in [3.8, 4) is 0 Å². The van der Waals surface area contributed by atoms with Crippen molar-refractivity contribution < 1.29 is 14.3 Å². The zero-order valence-electron chi connectivity index (χ0n) is 13.0. The lowest BCUT2D eigenvalue weighted by atomic mass is 10.3. The molecule has 0 aliphatic carbocycles. The van der Waals surface area contributed by atoms with E-state index >= 15 is 0 Å². The monoisotopic (exact) mass is 422 g/mol. The molecule has 0 saturated carbocycles. The summed E-state index contributed by atoms with van der Waals surface area (Å²) in [7, 11) is 0. The summed E-state index contributed by atoms with van der Waals surface area (Å²) in [6, 6.07) is 8.26. The van der Waals surface area contributed by atoms with Gasteiger partial charge in [0, 0.05) is 10.7 Å². The number of esters is 1. The summed E-state index contributed by atoms with van der Waals surface area (Å²) in [6.07, 6.45) is 1.57. The van der Waals surface area contributed by atoms with E-state index in [1.165, 1.54) is 0 Å². The fourth-order valence-corrected chi connectivity index (χ4v) is 2.84. The molecule has 1 N–H and O–H groups in total. The zero-order chi connectivity index (χ0) is 18.0. The van der Waals surface area contributed by atoms with Crippen molar-refractivity contribution in [3.63, 3.8) is 0 Å². The standard InChI is InChI=1S/C16H12BrClN4O3/c1-9-20-21-14-5-2-10(7-22(9)14)16(24)25-8-15(23)19-13-4-3-11(17)6-12(13)18/h2-7H,8H2,1H3,(H,19,23). The van der Waals surface area contributed by atoms with E-state index in [9.17, 15) is 9.59 Å². The van der Waals surface area contributed by atoms with Gasteiger partial charge in [-0.15, -0.1) is 10.2 Å². The van der Waals surface area contributed by atoms with Gasteiger partial charge in [-0.1, -0.05) is 27.5 Å². The number of amides is 1. The van der Waals surface area contributed by atoms with E-state index < -0.39 is 18.5 Å². The van der Waals surface area contributed by atoms with E-state index in [0.717, 1.165) is 4.47 Å². The van der Waals surface area contributed by atoms with Gasteiger partial charge in [-0.25, -0.2) is 4.79 Å². The van der Waals surface area contributed by atoms with Gasteiger partial charge < -0.3 is 10.1 Å². The van der Waals surface area contributed by atoms with Crippen molar-refractivity contribution in [2.24, 2.45) is 0 Å². The SMILES string of the molecule is Cc1nnc2ccc(C(=O)OCC(=O)Nc3ccc(Br)cc3Cl)cn12. The highest BCUT2D eigenvalue weighted by Crippen LogP contribution is 2.25. The van der Waals surface area contributed by atoms with Crippen LogP contribution in [0.2, 0.25) is 5.02 Å². The summed E-state index contributed by atoms with van der Waals surface area (Å²) in [5.74, 6) is -0.460. The number of aryl methyl sites for hydroxylation is 1. The van der Waals surface area contributed by atoms with E-state index in [0.29, 0.717) is 27.7 Å². The second kappa shape index (κ2) is 7.20. The number of pyridine rings is 1. The second-order valence-corrected chi connectivity index (χ2v) is 6.46. The Labute approximate surface area is 156 Å². The highest BCUT2D eigenvalue weighted by atomic mass is 79.9. The molecule has 0 bridgehead atoms. The molecule has 0 saturated heterocycles. The lowest BCUT2D eigenvalue weighted by molar-refractivity contribution is -0.119. The van der Waals surface area contributed by atoms with Gasteiger partial charge >= 0.3 is 5.97 Å². The van der Waals surface area contributed by atoms with Gasteiger partial charge in [-0.3, -0.25) is 9.20 Å².